The van der Waals surface area contributed by atoms with Crippen LogP contribution >= 0.6 is 0 Å². The van der Waals surface area contributed by atoms with Gasteiger partial charge >= 0.3 is 12.0 Å². The number of carbonyl (C=O) groups is 2. The van der Waals surface area contributed by atoms with Crippen LogP contribution in [0.3, 0.4) is 0 Å². The van der Waals surface area contributed by atoms with Crippen LogP contribution in [0.15, 0.2) is 12.2 Å². The molecule has 0 atom stereocenters. The summed E-state index contributed by atoms with van der Waals surface area (Å²) in [5.41, 5.74) is -1.08. The van der Waals surface area contributed by atoms with Gasteiger partial charge in [-0.2, -0.15) is 0 Å². The Kier molecular flexibility index (Phi) is 6.39. The van der Waals surface area contributed by atoms with E-state index in [1.54, 1.807) is 0 Å². The maximum Gasteiger partial charge on any atom is 0.329 e. The first-order valence-electron chi connectivity index (χ1n) is 7.01. The van der Waals surface area contributed by atoms with Crippen LogP contribution in [0.1, 0.15) is 51.9 Å². The van der Waals surface area contributed by atoms with E-state index in [2.05, 4.69) is 10.6 Å². The van der Waals surface area contributed by atoms with Crippen LogP contribution in [0.4, 0.5) is 4.79 Å². The van der Waals surface area contributed by atoms with Crippen LogP contribution < -0.4 is 10.6 Å². The van der Waals surface area contributed by atoms with Crippen molar-refractivity contribution in [3.8, 4) is 0 Å². The summed E-state index contributed by atoms with van der Waals surface area (Å²) in [6, 6.07) is -0.381. The number of carbonyl (C=O) groups excluding carboxylic acids is 1. The Hall–Kier alpha value is -1.52. The van der Waals surface area contributed by atoms with Gasteiger partial charge in [-0.05, 0) is 26.2 Å². The van der Waals surface area contributed by atoms with Gasteiger partial charge < -0.3 is 15.7 Å². The van der Waals surface area contributed by atoms with Crippen molar-refractivity contribution in [3.63, 3.8) is 0 Å². The molecular formula is C14H24N2O3. The lowest BCUT2D eigenvalue weighted by molar-refractivity contribution is -0.145. The number of carboxylic acid groups (broad SMARTS) is 1. The topological polar surface area (TPSA) is 78.4 Å². The minimum Gasteiger partial charge on any atom is -0.480 e. The minimum absolute atomic E-state index is 0.381. The predicted molar refractivity (Wildman–Crippen MR) is 74.0 cm³/mol. The van der Waals surface area contributed by atoms with Crippen molar-refractivity contribution < 1.29 is 14.7 Å². The molecule has 2 amide bonds. The molecule has 0 heterocycles. The number of aliphatic carboxylic acids is 1. The molecule has 0 radical (unpaired) electrons. The zero-order valence-electron chi connectivity index (χ0n) is 11.6. The molecule has 1 aliphatic carbocycles. The highest BCUT2D eigenvalue weighted by Crippen LogP contribution is 2.27. The number of nitrogens with one attached hydrogen (secondary N) is 2. The molecule has 0 saturated heterocycles. The SMILES string of the molecule is C/C=C/CCNC(=O)NC1(C(=O)O)CCCCCC1. The van der Waals surface area contributed by atoms with Gasteiger partial charge in [0.05, 0.1) is 0 Å². The number of rotatable bonds is 5. The summed E-state index contributed by atoms with van der Waals surface area (Å²) in [7, 11) is 0. The number of hydrogen-bond donors (Lipinski definition) is 3. The highest BCUT2D eigenvalue weighted by Gasteiger charge is 2.39. The zero-order chi connectivity index (χ0) is 14.1. The molecule has 0 spiro atoms. The molecule has 0 bridgehead atoms. The van der Waals surface area contributed by atoms with E-state index in [1.165, 1.54) is 0 Å². The van der Waals surface area contributed by atoms with E-state index in [0.29, 0.717) is 19.4 Å². The molecule has 1 fully saturated rings. The molecule has 0 unspecified atom stereocenters. The minimum atomic E-state index is -1.08. The zero-order valence-corrected chi connectivity index (χ0v) is 11.6. The van der Waals surface area contributed by atoms with Gasteiger partial charge in [0, 0.05) is 6.54 Å². The standard InChI is InChI=1S/C14H24N2O3/c1-2-3-8-11-15-13(19)16-14(12(17)18)9-6-4-5-7-10-14/h2-3H,4-11H2,1H3,(H,17,18)(H2,15,16,19)/b3-2+. The highest BCUT2D eigenvalue weighted by molar-refractivity contribution is 5.86. The molecule has 0 aromatic rings. The Balaban J connectivity index is 2.52. The lowest BCUT2D eigenvalue weighted by Gasteiger charge is -2.29. The van der Waals surface area contributed by atoms with Crippen LogP contribution in [0, 0.1) is 0 Å². The average Bonchev–Trinajstić information content (AvgIpc) is 2.61. The van der Waals surface area contributed by atoms with Crippen molar-refractivity contribution >= 4 is 12.0 Å². The lowest BCUT2D eigenvalue weighted by atomic mass is 9.90. The third kappa shape index (κ3) is 4.93. The fourth-order valence-corrected chi connectivity index (χ4v) is 2.42. The number of urea groups is 1. The Bertz CT molecular complexity index is 332. The van der Waals surface area contributed by atoms with E-state index < -0.39 is 11.5 Å². The van der Waals surface area contributed by atoms with Crippen LogP contribution in [-0.4, -0.2) is 29.2 Å². The Morgan fingerprint density at radius 1 is 1.21 bits per heavy atom. The van der Waals surface area contributed by atoms with Crippen molar-refractivity contribution in [1.29, 1.82) is 0 Å². The van der Waals surface area contributed by atoms with Crippen molar-refractivity contribution in [2.75, 3.05) is 6.54 Å². The third-order valence-electron chi connectivity index (χ3n) is 3.55. The average molecular weight is 268 g/mol. The summed E-state index contributed by atoms with van der Waals surface area (Å²) >= 11 is 0. The van der Waals surface area contributed by atoms with Crippen LogP contribution in [0.25, 0.3) is 0 Å². The summed E-state index contributed by atoms with van der Waals surface area (Å²) in [6.07, 6.45) is 9.46. The maximum absolute atomic E-state index is 11.8. The van der Waals surface area contributed by atoms with Gasteiger partial charge in [0.15, 0.2) is 0 Å². The van der Waals surface area contributed by atoms with Crippen LogP contribution in [-0.2, 0) is 4.79 Å². The lowest BCUT2D eigenvalue weighted by Crippen LogP contribution is -2.57. The molecule has 1 saturated carbocycles. The van der Waals surface area contributed by atoms with E-state index in [1.807, 2.05) is 19.1 Å². The van der Waals surface area contributed by atoms with Gasteiger partial charge in [-0.25, -0.2) is 9.59 Å². The van der Waals surface area contributed by atoms with E-state index in [0.717, 1.165) is 32.1 Å². The fraction of sp³-hybridized carbons (Fsp3) is 0.714. The molecule has 19 heavy (non-hydrogen) atoms. The molecule has 0 aromatic heterocycles. The fourth-order valence-electron chi connectivity index (χ4n) is 2.42. The summed E-state index contributed by atoms with van der Waals surface area (Å²) in [5, 5.41) is 14.8. The van der Waals surface area contributed by atoms with Crippen molar-refractivity contribution in [2.45, 2.75) is 57.4 Å². The number of carboxylic acids is 1. The van der Waals surface area contributed by atoms with E-state index >= 15 is 0 Å². The van der Waals surface area contributed by atoms with Gasteiger partial charge in [0.2, 0.25) is 0 Å². The summed E-state index contributed by atoms with van der Waals surface area (Å²) in [4.78, 5) is 23.3. The second-order valence-corrected chi connectivity index (χ2v) is 5.04. The first kappa shape index (κ1) is 15.5. The van der Waals surface area contributed by atoms with Gasteiger partial charge in [0.25, 0.3) is 0 Å². The summed E-state index contributed by atoms with van der Waals surface area (Å²) in [5.74, 6) is -0.919. The van der Waals surface area contributed by atoms with Crippen LogP contribution in [0.5, 0.6) is 0 Å². The number of hydrogen-bond acceptors (Lipinski definition) is 2. The van der Waals surface area contributed by atoms with Gasteiger partial charge in [-0.3, -0.25) is 0 Å². The predicted octanol–water partition coefficient (Wildman–Crippen LogP) is 2.43. The Morgan fingerprint density at radius 2 is 1.84 bits per heavy atom. The van der Waals surface area contributed by atoms with Crippen molar-refractivity contribution in [2.24, 2.45) is 0 Å². The molecular weight excluding hydrogens is 244 g/mol. The first-order chi connectivity index (χ1) is 9.10. The molecule has 5 heteroatoms. The first-order valence-corrected chi connectivity index (χ1v) is 7.01. The normalized spacial score (nSPS) is 18.8. The van der Waals surface area contributed by atoms with Gasteiger partial charge in [0.1, 0.15) is 5.54 Å². The molecule has 108 valence electrons. The second kappa shape index (κ2) is 7.81. The second-order valence-electron chi connectivity index (χ2n) is 5.04. The number of amides is 2. The molecule has 0 aromatic carbocycles. The molecule has 1 rings (SSSR count). The molecule has 3 N–H and O–H groups in total. The summed E-state index contributed by atoms with van der Waals surface area (Å²) in [6.45, 7) is 2.44. The van der Waals surface area contributed by atoms with E-state index in [9.17, 15) is 14.7 Å². The quantitative estimate of drug-likeness (QED) is 0.407. The van der Waals surface area contributed by atoms with E-state index in [-0.39, 0.29) is 6.03 Å². The highest BCUT2D eigenvalue weighted by atomic mass is 16.4. The van der Waals surface area contributed by atoms with E-state index in [4.69, 9.17) is 0 Å². The smallest absolute Gasteiger partial charge is 0.329 e. The molecule has 5 nitrogen and oxygen atoms in total. The summed E-state index contributed by atoms with van der Waals surface area (Å²) < 4.78 is 0. The largest absolute Gasteiger partial charge is 0.480 e. The van der Waals surface area contributed by atoms with Crippen LogP contribution in [0.2, 0.25) is 0 Å². The molecule has 1 aliphatic rings. The number of allylic oxidation sites excluding steroid dienone is 1. The Morgan fingerprint density at radius 3 is 2.37 bits per heavy atom. The van der Waals surface area contributed by atoms with Gasteiger partial charge in [-0.1, -0.05) is 37.8 Å². The Labute approximate surface area is 114 Å². The third-order valence-corrected chi connectivity index (χ3v) is 3.55. The molecule has 0 aliphatic heterocycles. The monoisotopic (exact) mass is 268 g/mol. The van der Waals surface area contributed by atoms with Crippen molar-refractivity contribution in [1.82, 2.24) is 10.6 Å². The maximum atomic E-state index is 11.8. The van der Waals surface area contributed by atoms with Crippen molar-refractivity contribution in [3.05, 3.63) is 12.2 Å². The van der Waals surface area contributed by atoms with Gasteiger partial charge in [-0.15, -0.1) is 0 Å².